The van der Waals surface area contributed by atoms with E-state index in [1.807, 2.05) is 19.9 Å². The van der Waals surface area contributed by atoms with Gasteiger partial charge in [0.05, 0.1) is 11.7 Å². The normalized spacial score (nSPS) is 24.1. The van der Waals surface area contributed by atoms with E-state index in [9.17, 15) is 15.0 Å². The quantitative estimate of drug-likeness (QED) is 0.793. The fraction of sp³-hybridized carbons (Fsp3) is 0.500. The summed E-state index contributed by atoms with van der Waals surface area (Å²) in [4.78, 5) is 14.0. The molecule has 4 heteroatoms. The molecule has 1 aromatic carbocycles. The highest BCUT2D eigenvalue weighted by Gasteiger charge is 2.28. The third-order valence-corrected chi connectivity index (χ3v) is 3.53. The van der Waals surface area contributed by atoms with Crippen LogP contribution in [0.3, 0.4) is 0 Å². The molecule has 1 aliphatic rings. The zero-order chi connectivity index (χ0) is 13.3. The molecule has 0 aromatic heterocycles. The molecule has 2 N–H and O–H groups in total. The van der Waals surface area contributed by atoms with E-state index in [4.69, 9.17) is 0 Å². The predicted octanol–water partition coefficient (Wildman–Crippen LogP) is 1.54. The molecule has 1 fully saturated rings. The number of aryl methyl sites for hydroxylation is 1. The van der Waals surface area contributed by atoms with Gasteiger partial charge in [0.25, 0.3) is 5.91 Å². The molecule has 4 nitrogen and oxygen atoms in total. The van der Waals surface area contributed by atoms with E-state index in [1.165, 1.54) is 0 Å². The van der Waals surface area contributed by atoms with Crippen molar-refractivity contribution in [2.45, 2.75) is 26.4 Å². The Morgan fingerprint density at radius 1 is 1.44 bits per heavy atom. The number of benzene rings is 1. The number of aliphatic hydroxyl groups excluding tert-OH is 1. The van der Waals surface area contributed by atoms with Crippen LogP contribution in [-0.4, -0.2) is 40.2 Å². The fourth-order valence-corrected chi connectivity index (χ4v) is 2.31. The van der Waals surface area contributed by atoms with E-state index < -0.39 is 0 Å². The van der Waals surface area contributed by atoms with E-state index in [0.717, 1.165) is 5.56 Å². The maximum absolute atomic E-state index is 12.3. The minimum atomic E-state index is -0.333. The molecule has 2 unspecified atom stereocenters. The number of hydrogen-bond donors (Lipinski definition) is 2. The summed E-state index contributed by atoms with van der Waals surface area (Å²) in [5.74, 6) is -0.0553. The lowest BCUT2D eigenvalue weighted by atomic mass is 9.96. The number of aliphatic hydroxyl groups is 1. The molecule has 0 bridgehead atoms. The summed E-state index contributed by atoms with van der Waals surface area (Å²) in [5, 5.41) is 19.5. The van der Waals surface area contributed by atoms with Crippen molar-refractivity contribution in [3.63, 3.8) is 0 Å². The zero-order valence-electron chi connectivity index (χ0n) is 10.8. The van der Waals surface area contributed by atoms with Crippen LogP contribution in [0.25, 0.3) is 0 Å². The van der Waals surface area contributed by atoms with Crippen molar-refractivity contribution in [2.75, 3.05) is 13.1 Å². The largest absolute Gasteiger partial charge is 0.507 e. The Hall–Kier alpha value is -1.55. The van der Waals surface area contributed by atoms with Gasteiger partial charge in [-0.15, -0.1) is 0 Å². The molecular formula is C14H19NO3. The molecule has 0 spiro atoms. The molecule has 18 heavy (non-hydrogen) atoms. The van der Waals surface area contributed by atoms with E-state index in [-0.39, 0.29) is 23.7 Å². The van der Waals surface area contributed by atoms with Crippen LogP contribution < -0.4 is 0 Å². The maximum atomic E-state index is 12.3. The molecule has 1 aromatic rings. The summed E-state index contributed by atoms with van der Waals surface area (Å²) in [6.45, 7) is 4.87. The highest BCUT2D eigenvalue weighted by Crippen LogP contribution is 2.23. The monoisotopic (exact) mass is 249 g/mol. The average molecular weight is 249 g/mol. The van der Waals surface area contributed by atoms with Gasteiger partial charge >= 0.3 is 0 Å². The van der Waals surface area contributed by atoms with Gasteiger partial charge in [0, 0.05) is 13.1 Å². The van der Waals surface area contributed by atoms with Crippen LogP contribution in [0.15, 0.2) is 18.2 Å². The lowest BCUT2D eigenvalue weighted by Crippen LogP contribution is -2.44. The Morgan fingerprint density at radius 3 is 2.78 bits per heavy atom. The number of phenols is 1. The Morgan fingerprint density at radius 2 is 2.17 bits per heavy atom. The van der Waals surface area contributed by atoms with Crippen LogP contribution >= 0.6 is 0 Å². The van der Waals surface area contributed by atoms with Gasteiger partial charge in [-0.2, -0.15) is 0 Å². The van der Waals surface area contributed by atoms with Gasteiger partial charge in [0.15, 0.2) is 0 Å². The first-order valence-electron chi connectivity index (χ1n) is 6.26. The van der Waals surface area contributed by atoms with Crippen molar-refractivity contribution in [1.29, 1.82) is 0 Å². The Balaban J connectivity index is 2.16. The lowest BCUT2D eigenvalue weighted by molar-refractivity contribution is 0.0296. The summed E-state index contributed by atoms with van der Waals surface area (Å²) in [7, 11) is 0. The van der Waals surface area contributed by atoms with Crippen molar-refractivity contribution in [2.24, 2.45) is 5.92 Å². The molecular weight excluding hydrogens is 230 g/mol. The molecule has 98 valence electrons. The van der Waals surface area contributed by atoms with E-state index >= 15 is 0 Å². The molecule has 0 radical (unpaired) electrons. The number of carbonyl (C=O) groups is 1. The van der Waals surface area contributed by atoms with Crippen molar-refractivity contribution >= 4 is 5.91 Å². The molecule has 1 aliphatic heterocycles. The smallest absolute Gasteiger partial charge is 0.257 e. The minimum absolute atomic E-state index is 0.0266. The summed E-state index contributed by atoms with van der Waals surface area (Å²) in [6.07, 6.45) is 0.264. The second kappa shape index (κ2) is 4.98. The van der Waals surface area contributed by atoms with Gasteiger partial charge in [-0.3, -0.25) is 4.79 Å². The van der Waals surface area contributed by atoms with E-state index in [1.54, 1.807) is 17.0 Å². The van der Waals surface area contributed by atoms with Crippen molar-refractivity contribution in [1.82, 2.24) is 4.90 Å². The number of piperidine rings is 1. The summed E-state index contributed by atoms with van der Waals surface area (Å²) in [5.41, 5.74) is 1.26. The summed E-state index contributed by atoms with van der Waals surface area (Å²) < 4.78 is 0. The summed E-state index contributed by atoms with van der Waals surface area (Å²) in [6, 6.07) is 5.06. The number of likely N-dealkylation sites (tertiary alicyclic amines) is 1. The maximum Gasteiger partial charge on any atom is 0.257 e. The highest BCUT2D eigenvalue weighted by atomic mass is 16.3. The standard InChI is InChI=1S/C14H19NO3/c1-9-3-4-11(13(17)7-9)14(18)15-6-5-12(16)10(2)8-15/h3-4,7,10,12,16-17H,5-6,8H2,1-2H3. The SMILES string of the molecule is Cc1ccc(C(=O)N2CCC(O)C(C)C2)c(O)c1. The topological polar surface area (TPSA) is 60.8 Å². The molecule has 1 heterocycles. The minimum Gasteiger partial charge on any atom is -0.507 e. The van der Waals surface area contributed by atoms with Gasteiger partial charge in [-0.05, 0) is 37.0 Å². The first-order chi connectivity index (χ1) is 8.49. The van der Waals surface area contributed by atoms with Crippen LogP contribution in [0, 0.1) is 12.8 Å². The first-order valence-corrected chi connectivity index (χ1v) is 6.26. The van der Waals surface area contributed by atoms with E-state index in [0.29, 0.717) is 25.1 Å². The molecule has 0 saturated carbocycles. The van der Waals surface area contributed by atoms with Crippen molar-refractivity contribution < 1.29 is 15.0 Å². The van der Waals surface area contributed by atoms with Gasteiger partial charge < -0.3 is 15.1 Å². The number of rotatable bonds is 1. The van der Waals surface area contributed by atoms with Crippen molar-refractivity contribution in [3.8, 4) is 5.75 Å². The van der Waals surface area contributed by atoms with Crippen molar-refractivity contribution in [3.05, 3.63) is 29.3 Å². The number of nitrogens with zero attached hydrogens (tertiary/aromatic N) is 1. The molecule has 1 amide bonds. The van der Waals surface area contributed by atoms with Gasteiger partial charge in [-0.25, -0.2) is 0 Å². The number of hydrogen-bond acceptors (Lipinski definition) is 3. The highest BCUT2D eigenvalue weighted by molar-refractivity contribution is 5.97. The Labute approximate surface area is 107 Å². The average Bonchev–Trinajstić information content (AvgIpc) is 2.32. The fourth-order valence-electron chi connectivity index (χ4n) is 2.31. The number of phenolic OH excluding ortho intramolecular Hbond substituents is 1. The Bertz CT molecular complexity index is 458. The third-order valence-electron chi connectivity index (χ3n) is 3.53. The number of carbonyl (C=O) groups excluding carboxylic acids is 1. The van der Waals surface area contributed by atoms with Crippen LogP contribution in [-0.2, 0) is 0 Å². The summed E-state index contributed by atoms with van der Waals surface area (Å²) >= 11 is 0. The lowest BCUT2D eigenvalue weighted by Gasteiger charge is -2.34. The van der Waals surface area contributed by atoms with Gasteiger partial charge in [-0.1, -0.05) is 13.0 Å². The van der Waals surface area contributed by atoms with Gasteiger partial charge in [0.2, 0.25) is 0 Å². The third kappa shape index (κ3) is 2.48. The van der Waals surface area contributed by atoms with Gasteiger partial charge in [0.1, 0.15) is 5.75 Å². The van der Waals surface area contributed by atoms with Crippen LogP contribution in [0.5, 0.6) is 5.75 Å². The molecule has 2 atom stereocenters. The zero-order valence-corrected chi connectivity index (χ0v) is 10.8. The van der Waals surface area contributed by atoms with Crippen LogP contribution in [0.4, 0.5) is 0 Å². The second-order valence-electron chi connectivity index (χ2n) is 5.11. The number of aromatic hydroxyl groups is 1. The molecule has 1 saturated heterocycles. The predicted molar refractivity (Wildman–Crippen MR) is 68.5 cm³/mol. The number of amides is 1. The first kappa shape index (κ1) is 12.9. The van der Waals surface area contributed by atoms with Crippen LogP contribution in [0.2, 0.25) is 0 Å². The van der Waals surface area contributed by atoms with Crippen LogP contribution in [0.1, 0.15) is 29.3 Å². The molecule has 2 rings (SSSR count). The molecule has 0 aliphatic carbocycles. The van der Waals surface area contributed by atoms with E-state index in [2.05, 4.69) is 0 Å². The second-order valence-corrected chi connectivity index (χ2v) is 5.11. The Kier molecular flexibility index (Phi) is 3.57.